The van der Waals surface area contributed by atoms with Gasteiger partial charge in [-0.15, -0.1) is 0 Å². The maximum absolute atomic E-state index is 12.0. The second-order valence-electron chi connectivity index (χ2n) is 4.12. The number of amides is 1. The molecule has 0 aromatic heterocycles. The molecule has 1 amide bonds. The van der Waals surface area contributed by atoms with Crippen LogP contribution in [0.25, 0.3) is 0 Å². The molecule has 0 aliphatic heterocycles. The van der Waals surface area contributed by atoms with E-state index in [1.807, 2.05) is 0 Å². The SMILES string of the molecule is C=C1CCCC1(C(C)=O)C(=O)N(C)C. The molecule has 0 bridgehead atoms. The summed E-state index contributed by atoms with van der Waals surface area (Å²) in [5.41, 5.74) is -0.132. The third kappa shape index (κ3) is 1.37. The molecule has 1 rings (SSSR count). The number of ketones is 1. The van der Waals surface area contributed by atoms with E-state index in [0.717, 1.165) is 18.4 Å². The summed E-state index contributed by atoms with van der Waals surface area (Å²) < 4.78 is 0. The Bertz CT molecular complexity index is 294. The molecule has 1 atom stereocenters. The predicted molar refractivity (Wildman–Crippen MR) is 54.8 cm³/mol. The maximum Gasteiger partial charge on any atom is 0.239 e. The highest BCUT2D eigenvalue weighted by Crippen LogP contribution is 2.43. The van der Waals surface area contributed by atoms with Crippen molar-refractivity contribution in [1.82, 2.24) is 4.90 Å². The van der Waals surface area contributed by atoms with Gasteiger partial charge in [0.15, 0.2) is 0 Å². The van der Waals surface area contributed by atoms with Crippen molar-refractivity contribution in [3.8, 4) is 0 Å². The van der Waals surface area contributed by atoms with Crippen LogP contribution in [0.1, 0.15) is 26.2 Å². The van der Waals surface area contributed by atoms with Crippen molar-refractivity contribution in [1.29, 1.82) is 0 Å². The van der Waals surface area contributed by atoms with Gasteiger partial charge in [-0.3, -0.25) is 9.59 Å². The number of hydrogen-bond donors (Lipinski definition) is 0. The van der Waals surface area contributed by atoms with Crippen LogP contribution in [-0.2, 0) is 9.59 Å². The number of hydrogen-bond acceptors (Lipinski definition) is 2. The fourth-order valence-corrected chi connectivity index (χ4v) is 2.17. The van der Waals surface area contributed by atoms with E-state index in [1.165, 1.54) is 11.8 Å². The van der Waals surface area contributed by atoms with Crippen molar-refractivity contribution in [2.45, 2.75) is 26.2 Å². The minimum Gasteiger partial charge on any atom is -0.348 e. The topological polar surface area (TPSA) is 37.4 Å². The van der Waals surface area contributed by atoms with Crippen molar-refractivity contribution >= 4 is 11.7 Å². The summed E-state index contributed by atoms with van der Waals surface area (Å²) >= 11 is 0. The van der Waals surface area contributed by atoms with Gasteiger partial charge in [-0.05, 0) is 26.2 Å². The molecule has 1 aliphatic carbocycles. The van der Waals surface area contributed by atoms with Crippen LogP contribution < -0.4 is 0 Å². The van der Waals surface area contributed by atoms with Crippen molar-refractivity contribution < 1.29 is 9.59 Å². The normalized spacial score (nSPS) is 26.4. The molecule has 14 heavy (non-hydrogen) atoms. The molecule has 0 aromatic rings. The molecule has 3 nitrogen and oxygen atoms in total. The minimum absolute atomic E-state index is 0.0706. The van der Waals surface area contributed by atoms with Crippen LogP contribution in [0.2, 0.25) is 0 Å². The predicted octanol–water partition coefficient (Wildman–Crippen LogP) is 1.39. The van der Waals surface area contributed by atoms with Gasteiger partial charge < -0.3 is 4.90 Å². The molecular formula is C11H17NO2. The monoisotopic (exact) mass is 195 g/mol. The Balaban J connectivity index is 3.11. The molecule has 0 N–H and O–H groups in total. The van der Waals surface area contributed by atoms with Crippen LogP contribution in [0, 0.1) is 5.41 Å². The average molecular weight is 195 g/mol. The molecule has 0 radical (unpaired) electrons. The van der Waals surface area contributed by atoms with Gasteiger partial charge in [0, 0.05) is 14.1 Å². The van der Waals surface area contributed by atoms with E-state index < -0.39 is 5.41 Å². The Hall–Kier alpha value is -1.12. The first kappa shape index (κ1) is 11.0. The van der Waals surface area contributed by atoms with E-state index in [2.05, 4.69) is 6.58 Å². The lowest BCUT2D eigenvalue weighted by molar-refractivity contribution is -0.144. The van der Waals surface area contributed by atoms with Gasteiger partial charge in [0.05, 0.1) is 0 Å². The Morgan fingerprint density at radius 1 is 1.43 bits per heavy atom. The van der Waals surface area contributed by atoms with Crippen molar-refractivity contribution in [2.75, 3.05) is 14.1 Å². The summed E-state index contributed by atoms with van der Waals surface area (Å²) in [7, 11) is 3.36. The Morgan fingerprint density at radius 2 is 2.00 bits per heavy atom. The van der Waals surface area contributed by atoms with Gasteiger partial charge in [-0.25, -0.2) is 0 Å². The van der Waals surface area contributed by atoms with E-state index in [9.17, 15) is 9.59 Å². The molecule has 0 spiro atoms. The van der Waals surface area contributed by atoms with Crippen molar-refractivity contribution in [3.63, 3.8) is 0 Å². The lowest BCUT2D eigenvalue weighted by Crippen LogP contribution is -2.44. The third-order valence-electron chi connectivity index (χ3n) is 3.01. The van der Waals surface area contributed by atoms with Gasteiger partial charge in [-0.1, -0.05) is 12.2 Å². The second kappa shape index (κ2) is 3.56. The highest BCUT2D eigenvalue weighted by atomic mass is 16.2. The molecular weight excluding hydrogens is 178 g/mol. The highest BCUT2D eigenvalue weighted by molar-refractivity contribution is 6.08. The van der Waals surface area contributed by atoms with Crippen molar-refractivity contribution in [2.24, 2.45) is 5.41 Å². The lowest BCUT2D eigenvalue weighted by Gasteiger charge is -2.29. The number of carbonyl (C=O) groups is 2. The standard InChI is InChI=1S/C11H17NO2/c1-8-6-5-7-11(8,9(2)13)10(14)12(3)4/h1,5-7H2,2-4H3. The van der Waals surface area contributed by atoms with Crippen LogP contribution in [0.4, 0.5) is 0 Å². The third-order valence-corrected chi connectivity index (χ3v) is 3.01. The second-order valence-corrected chi connectivity index (χ2v) is 4.12. The number of carbonyl (C=O) groups excluding carboxylic acids is 2. The smallest absolute Gasteiger partial charge is 0.239 e. The molecule has 78 valence electrons. The molecule has 3 heteroatoms. The first-order chi connectivity index (χ1) is 6.43. The number of Topliss-reactive ketones (excluding diaryl/α,β-unsaturated/α-hetero) is 1. The highest BCUT2D eigenvalue weighted by Gasteiger charge is 2.48. The minimum atomic E-state index is -0.913. The van der Waals surface area contributed by atoms with E-state index >= 15 is 0 Å². The van der Waals surface area contributed by atoms with Gasteiger partial charge in [-0.2, -0.15) is 0 Å². The Labute approximate surface area is 84.8 Å². The maximum atomic E-state index is 12.0. The van der Waals surface area contributed by atoms with Crippen molar-refractivity contribution in [3.05, 3.63) is 12.2 Å². The number of nitrogens with zero attached hydrogens (tertiary/aromatic N) is 1. The zero-order chi connectivity index (χ0) is 10.9. The van der Waals surface area contributed by atoms with Gasteiger partial charge in [0.2, 0.25) is 5.91 Å². The summed E-state index contributed by atoms with van der Waals surface area (Å²) in [6.45, 7) is 5.35. The summed E-state index contributed by atoms with van der Waals surface area (Å²) in [6.07, 6.45) is 2.30. The van der Waals surface area contributed by atoms with Gasteiger partial charge in [0.25, 0.3) is 0 Å². The summed E-state index contributed by atoms with van der Waals surface area (Å²) in [5, 5.41) is 0. The summed E-state index contributed by atoms with van der Waals surface area (Å²) in [6, 6.07) is 0. The van der Waals surface area contributed by atoms with Crippen LogP contribution in [-0.4, -0.2) is 30.7 Å². The van der Waals surface area contributed by atoms with E-state index in [1.54, 1.807) is 14.1 Å². The number of rotatable bonds is 2. The quantitative estimate of drug-likeness (QED) is 0.493. The zero-order valence-electron chi connectivity index (χ0n) is 9.09. The van der Waals surface area contributed by atoms with E-state index in [0.29, 0.717) is 6.42 Å². The molecule has 0 heterocycles. The summed E-state index contributed by atoms with van der Waals surface area (Å²) in [4.78, 5) is 25.1. The fourth-order valence-electron chi connectivity index (χ4n) is 2.17. The summed E-state index contributed by atoms with van der Waals surface area (Å²) in [5.74, 6) is -0.189. The largest absolute Gasteiger partial charge is 0.348 e. The van der Waals surface area contributed by atoms with Gasteiger partial charge in [0.1, 0.15) is 11.2 Å². The van der Waals surface area contributed by atoms with Crippen LogP contribution in [0.3, 0.4) is 0 Å². The molecule has 0 aromatic carbocycles. The Kier molecular flexibility index (Phi) is 2.79. The molecule has 1 aliphatic rings. The molecule has 1 fully saturated rings. The average Bonchev–Trinajstić information content (AvgIpc) is 2.46. The van der Waals surface area contributed by atoms with Crippen LogP contribution in [0.15, 0.2) is 12.2 Å². The first-order valence-corrected chi connectivity index (χ1v) is 4.84. The fraction of sp³-hybridized carbons (Fsp3) is 0.636. The lowest BCUT2D eigenvalue weighted by atomic mass is 9.78. The Morgan fingerprint density at radius 3 is 2.29 bits per heavy atom. The molecule has 0 saturated heterocycles. The van der Waals surface area contributed by atoms with Crippen LogP contribution in [0.5, 0.6) is 0 Å². The van der Waals surface area contributed by atoms with Gasteiger partial charge >= 0.3 is 0 Å². The molecule has 1 saturated carbocycles. The zero-order valence-corrected chi connectivity index (χ0v) is 9.09. The first-order valence-electron chi connectivity index (χ1n) is 4.84. The van der Waals surface area contributed by atoms with E-state index in [4.69, 9.17) is 0 Å². The molecule has 1 unspecified atom stereocenters. The van der Waals surface area contributed by atoms with E-state index in [-0.39, 0.29) is 11.7 Å². The van der Waals surface area contributed by atoms with Crippen LogP contribution >= 0.6 is 0 Å².